The predicted octanol–water partition coefficient (Wildman–Crippen LogP) is 2.92. The summed E-state index contributed by atoms with van der Waals surface area (Å²) in [5, 5.41) is 6.73. The van der Waals surface area contributed by atoms with E-state index in [1.54, 1.807) is 0 Å². The van der Waals surface area contributed by atoms with Crippen molar-refractivity contribution in [3.05, 3.63) is 30.1 Å². The average molecular weight is 447 g/mol. The molecule has 138 valence electrons. The second-order valence-electron chi connectivity index (χ2n) is 5.69. The Morgan fingerprint density at radius 2 is 1.79 bits per heavy atom. The van der Waals surface area contributed by atoms with Gasteiger partial charge in [0.15, 0.2) is 5.96 Å². The number of rotatable bonds is 11. The van der Waals surface area contributed by atoms with Crippen molar-refractivity contribution in [1.29, 1.82) is 0 Å². The second-order valence-corrected chi connectivity index (χ2v) is 5.69. The topological polar surface area (TPSA) is 52.5 Å². The van der Waals surface area contributed by atoms with Crippen LogP contribution in [0, 0.1) is 0 Å². The summed E-state index contributed by atoms with van der Waals surface area (Å²) in [5.74, 6) is 0.874. The highest BCUT2D eigenvalue weighted by atomic mass is 127. The Kier molecular flexibility index (Phi) is 15.0. The quantitative estimate of drug-likeness (QED) is 0.237. The first-order chi connectivity index (χ1) is 11.3. The molecule has 1 aromatic rings. The minimum atomic E-state index is 0. The van der Waals surface area contributed by atoms with Gasteiger partial charge in [-0.15, -0.1) is 24.0 Å². The van der Waals surface area contributed by atoms with Crippen molar-refractivity contribution in [2.45, 2.75) is 39.5 Å². The maximum atomic E-state index is 4.33. The highest BCUT2D eigenvalue weighted by molar-refractivity contribution is 14.0. The fourth-order valence-electron chi connectivity index (χ4n) is 2.55. The van der Waals surface area contributed by atoms with E-state index >= 15 is 0 Å². The number of nitrogens with zero attached hydrogens (tertiary/aromatic N) is 3. The van der Waals surface area contributed by atoms with Crippen LogP contribution in [0.4, 0.5) is 0 Å². The highest BCUT2D eigenvalue weighted by Crippen LogP contribution is 1.96. The van der Waals surface area contributed by atoms with Crippen LogP contribution >= 0.6 is 24.0 Å². The maximum absolute atomic E-state index is 4.33. The monoisotopic (exact) mass is 447 g/mol. The predicted molar refractivity (Wildman–Crippen MR) is 114 cm³/mol. The zero-order valence-corrected chi connectivity index (χ0v) is 17.8. The maximum Gasteiger partial charge on any atom is 0.190 e. The van der Waals surface area contributed by atoms with Gasteiger partial charge >= 0.3 is 0 Å². The molecule has 6 heteroatoms. The fraction of sp³-hybridized carbons (Fsp3) is 0.667. The van der Waals surface area contributed by atoms with Crippen LogP contribution in [0.2, 0.25) is 0 Å². The van der Waals surface area contributed by atoms with Crippen molar-refractivity contribution in [3.63, 3.8) is 0 Å². The molecule has 0 aliphatic carbocycles. The Labute approximate surface area is 164 Å². The molecule has 0 saturated heterocycles. The third kappa shape index (κ3) is 10.8. The first kappa shape index (κ1) is 23.1. The van der Waals surface area contributed by atoms with E-state index in [0.29, 0.717) is 0 Å². The van der Waals surface area contributed by atoms with Gasteiger partial charge in [0.25, 0.3) is 0 Å². The molecule has 0 unspecified atom stereocenters. The molecule has 0 bridgehead atoms. The van der Waals surface area contributed by atoms with E-state index in [9.17, 15) is 0 Å². The molecule has 1 rings (SSSR count). The normalized spacial score (nSPS) is 11.2. The van der Waals surface area contributed by atoms with Crippen molar-refractivity contribution >= 4 is 29.9 Å². The number of aliphatic imine (C=N–C) groups is 1. The molecule has 0 spiro atoms. The minimum Gasteiger partial charge on any atom is -0.356 e. The van der Waals surface area contributed by atoms with E-state index in [1.165, 1.54) is 25.9 Å². The summed E-state index contributed by atoms with van der Waals surface area (Å²) in [6, 6.07) is 6.01. The van der Waals surface area contributed by atoms with Gasteiger partial charge in [0.2, 0.25) is 0 Å². The van der Waals surface area contributed by atoms with E-state index in [1.807, 2.05) is 31.4 Å². The molecule has 24 heavy (non-hydrogen) atoms. The van der Waals surface area contributed by atoms with Gasteiger partial charge in [-0.1, -0.05) is 19.9 Å². The van der Waals surface area contributed by atoms with Gasteiger partial charge in [-0.2, -0.15) is 0 Å². The molecule has 2 N–H and O–H groups in total. The molecule has 5 nitrogen and oxygen atoms in total. The van der Waals surface area contributed by atoms with Gasteiger partial charge in [-0.05, 0) is 51.0 Å². The fourth-order valence-corrected chi connectivity index (χ4v) is 2.55. The largest absolute Gasteiger partial charge is 0.356 e. The molecule has 0 fully saturated rings. The van der Waals surface area contributed by atoms with E-state index in [0.717, 1.165) is 44.1 Å². The van der Waals surface area contributed by atoms with Crippen molar-refractivity contribution in [3.8, 4) is 0 Å². The third-order valence-electron chi connectivity index (χ3n) is 3.65. The van der Waals surface area contributed by atoms with Gasteiger partial charge in [0, 0.05) is 38.4 Å². The number of halogens is 1. The number of nitrogens with one attached hydrogen (secondary N) is 2. The molecule has 0 saturated carbocycles. The summed E-state index contributed by atoms with van der Waals surface area (Å²) < 4.78 is 0. The van der Waals surface area contributed by atoms with Gasteiger partial charge in [-0.25, -0.2) is 0 Å². The van der Waals surface area contributed by atoms with Crippen LogP contribution in [0.5, 0.6) is 0 Å². The zero-order chi connectivity index (χ0) is 16.8. The number of hydrogen-bond acceptors (Lipinski definition) is 3. The van der Waals surface area contributed by atoms with E-state index in [-0.39, 0.29) is 24.0 Å². The van der Waals surface area contributed by atoms with E-state index < -0.39 is 0 Å². The van der Waals surface area contributed by atoms with Crippen molar-refractivity contribution in [2.24, 2.45) is 4.99 Å². The van der Waals surface area contributed by atoms with Gasteiger partial charge in [-0.3, -0.25) is 9.98 Å². The van der Waals surface area contributed by atoms with Crippen LogP contribution in [-0.2, 0) is 6.42 Å². The van der Waals surface area contributed by atoms with Crippen LogP contribution in [-0.4, -0.2) is 55.6 Å². The number of guanidine groups is 1. The highest BCUT2D eigenvalue weighted by Gasteiger charge is 2.02. The Bertz CT molecular complexity index is 419. The lowest BCUT2D eigenvalue weighted by molar-refractivity contribution is 0.271. The van der Waals surface area contributed by atoms with Crippen LogP contribution < -0.4 is 10.6 Å². The van der Waals surface area contributed by atoms with Crippen LogP contribution in [0.1, 0.15) is 38.8 Å². The molecule has 0 aliphatic heterocycles. The van der Waals surface area contributed by atoms with Crippen molar-refractivity contribution < 1.29 is 0 Å². The zero-order valence-electron chi connectivity index (χ0n) is 15.4. The molecule has 0 radical (unpaired) electrons. The first-order valence-electron chi connectivity index (χ1n) is 8.86. The molecule has 0 atom stereocenters. The lowest BCUT2D eigenvalue weighted by Crippen LogP contribution is -2.39. The van der Waals surface area contributed by atoms with Crippen molar-refractivity contribution in [2.75, 3.05) is 39.8 Å². The summed E-state index contributed by atoms with van der Waals surface area (Å²) in [6.07, 6.45) is 6.33. The van der Waals surface area contributed by atoms with Gasteiger partial charge in [0.05, 0.1) is 0 Å². The van der Waals surface area contributed by atoms with Gasteiger partial charge < -0.3 is 15.5 Å². The average Bonchev–Trinajstić information content (AvgIpc) is 2.58. The first-order valence-corrected chi connectivity index (χ1v) is 8.86. The molecule has 0 aromatic carbocycles. The lowest BCUT2D eigenvalue weighted by atomic mass is 10.3. The summed E-state index contributed by atoms with van der Waals surface area (Å²) in [4.78, 5) is 11.1. The molecule has 0 aliphatic rings. The Balaban J connectivity index is 0.00000529. The smallest absolute Gasteiger partial charge is 0.190 e. The summed E-state index contributed by atoms with van der Waals surface area (Å²) >= 11 is 0. The Hall–Kier alpha value is -0.890. The van der Waals surface area contributed by atoms with E-state index in [4.69, 9.17) is 0 Å². The Morgan fingerprint density at radius 1 is 1.08 bits per heavy atom. The SMILES string of the molecule is CCCN(CCC)CCCNC(=NC)NCCc1ccccn1.I. The molecule has 0 amide bonds. The second kappa shape index (κ2) is 15.6. The van der Waals surface area contributed by atoms with Gasteiger partial charge in [0.1, 0.15) is 0 Å². The number of hydrogen-bond donors (Lipinski definition) is 2. The lowest BCUT2D eigenvalue weighted by Gasteiger charge is -2.21. The van der Waals surface area contributed by atoms with Crippen molar-refractivity contribution in [1.82, 2.24) is 20.5 Å². The third-order valence-corrected chi connectivity index (χ3v) is 3.65. The van der Waals surface area contributed by atoms with E-state index in [2.05, 4.69) is 39.4 Å². The summed E-state index contributed by atoms with van der Waals surface area (Å²) in [7, 11) is 1.82. The minimum absolute atomic E-state index is 0. The molecular weight excluding hydrogens is 413 g/mol. The van der Waals surface area contributed by atoms with Crippen LogP contribution in [0.3, 0.4) is 0 Å². The summed E-state index contributed by atoms with van der Waals surface area (Å²) in [6.45, 7) is 9.83. The molecular formula is C18H34IN5. The van der Waals surface area contributed by atoms with Crippen LogP contribution in [0.15, 0.2) is 29.4 Å². The summed E-state index contributed by atoms with van der Waals surface area (Å²) in [5.41, 5.74) is 1.10. The van der Waals surface area contributed by atoms with Crippen LogP contribution in [0.25, 0.3) is 0 Å². The number of pyridine rings is 1. The molecule has 1 heterocycles. The molecule has 1 aromatic heterocycles. The Morgan fingerprint density at radius 3 is 2.38 bits per heavy atom. The number of aromatic nitrogens is 1. The standard InChI is InChI=1S/C18H33N5.HI/c1-4-14-23(15-5-2)16-8-12-21-18(19-3)22-13-10-17-9-6-7-11-20-17;/h6-7,9,11H,4-5,8,10,12-16H2,1-3H3,(H2,19,21,22);1H.